The molecule has 2 heterocycles. The number of methoxy groups -OCH3 is 1. The molecular formula is C33H47N3O7. The normalized spacial score (nSPS) is 15.9. The van der Waals surface area contributed by atoms with Gasteiger partial charge in [-0.3, -0.25) is 9.59 Å². The summed E-state index contributed by atoms with van der Waals surface area (Å²) in [4.78, 5) is 28.5. The van der Waals surface area contributed by atoms with Crippen molar-refractivity contribution in [1.82, 2.24) is 10.3 Å². The number of aromatic hydroxyl groups is 1. The lowest BCUT2D eigenvalue weighted by Gasteiger charge is -2.30. The van der Waals surface area contributed by atoms with Gasteiger partial charge in [0.2, 0.25) is 0 Å². The Morgan fingerprint density at radius 2 is 1.88 bits per heavy atom. The number of hydrogen-bond acceptors (Lipinski definition) is 9. The Kier molecular flexibility index (Phi) is 13.3. The molecule has 1 aliphatic rings. The average Bonchev–Trinajstić information content (AvgIpc) is 3.52. The van der Waals surface area contributed by atoms with Gasteiger partial charge >= 0.3 is 0 Å². The van der Waals surface area contributed by atoms with Crippen LogP contribution in [0.1, 0.15) is 68.2 Å². The van der Waals surface area contributed by atoms with Gasteiger partial charge in [-0.1, -0.05) is 25.5 Å². The zero-order chi connectivity index (χ0) is 31.4. The molecule has 0 saturated heterocycles. The summed E-state index contributed by atoms with van der Waals surface area (Å²) in [5.74, 6) is -1.13. The fraction of sp³-hybridized carbons (Fsp3) is 0.515. The Morgan fingerprint density at radius 1 is 1.12 bits per heavy atom. The lowest BCUT2D eigenvalue weighted by Crippen LogP contribution is -2.30. The maximum Gasteiger partial charge on any atom is 0.170 e. The van der Waals surface area contributed by atoms with Gasteiger partial charge < -0.3 is 41.2 Å². The topological polar surface area (TPSA) is 178 Å². The van der Waals surface area contributed by atoms with Crippen molar-refractivity contribution in [3.63, 3.8) is 0 Å². The van der Waals surface area contributed by atoms with E-state index < -0.39 is 23.6 Å². The second-order valence-electron chi connectivity index (χ2n) is 11.3. The number of ketones is 2. The van der Waals surface area contributed by atoms with E-state index in [1.807, 2.05) is 31.3 Å². The molecule has 0 amide bonds. The predicted octanol–water partition coefficient (Wildman–Crippen LogP) is 3.00. The van der Waals surface area contributed by atoms with Crippen LogP contribution in [-0.2, 0) is 22.4 Å². The first kappa shape index (κ1) is 33.9. The van der Waals surface area contributed by atoms with Crippen LogP contribution in [0.4, 0.5) is 0 Å². The van der Waals surface area contributed by atoms with Gasteiger partial charge in [0.25, 0.3) is 0 Å². The highest BCUT2D eigenvalue weighted by molar-refractivity contribution is 6.05. The van der Waals surface area contributed by atoms with Crippen molar-refractivity contribution in [3.05, 3.63) is 70.8 Å². The number of ether oxygens (including phenoxy) is 1. The molecule has 1 aromatic heterocycles. The molecule has 0 spiro atoms. The van der Waals surface area contributed by atoms with Crippen molar-refractivity contribution >= 4 is 11.6 Å². The first-order valence-corrected chi connectivity index (χ1v) is 15.1. The molecule has 0 radical (unpaired) electrons. The largest absolute Gasteiger partial charge is 0.504 e. The molecule has 2 aromatic rings. The number of allylic oxidation sites excluding steroid dienone is 2. The number of aromatic nitrogens is 1. The van der Waals surface area contributed by atoms with E-state index >= 15 is 0 Å². The van der Waals surface area contributed by atoms with Crippen molar-refractivity contribution in [3.8, 4) is 11.5 Å². The fourth-order valence-electron chi connectivity index (χ4n) is 5.81. The number of phenols is 1. The minimum Gasteiger partial charge on any atom is -0.504 e. The number of benzene rings is 1. The smallest absolute Gasteiger partial charge is 0.170 e. The molecule has 1 aliphatic heterocycles. The number of carbonyl (C=O) groups is 2. The summed E-state index contributed by atoms with van der Waals surface area (Å²) in [6.07, 6.45) is 7.58. The fourth-order valence-corrected chi connectivity index (χ4v) is 5.81. The van der Waals surface area contributed by atoms with Crippen LogP contribution < -0.4 is 15.8 Å². The van der Waals surface area contributed by atoms with Crippen LogP contribution in [0.2, 0.25) is 0 Å². The highest BCUT2D eigenvalue weighted by atomic mass is 16.5. The predicted molar refractivity (Wildman–Crippen MR) is 165 cm³/mol. The number of Topliss-reactive ketones (excluding diaryl/α,β-unsaturated/α-hetero) is 2. The van der Waals surface area contributed by atoms with Crippen LogP contribution in [0.5, 0.6) is 11.5 Å². The average molecular weight is 598 g/mol. The summed E-state index contributed by atoms with van der Waals surface area (Å²) in [6, 6.07) is 7.25. The molecular weight excluding hydrogens is 550 g/mol. The van der Waals surface area contributed by atoms with Crippen molar-refractivity contribution in [2.75, 3.05) is 26.9 Å². The molecule has 1 aromatic carbocycles. The molecule has 0 fully saturated rings. The number of aliphatic hydroxyl groups excluding tert-OH is 3. The summed E-state index contributed by atoms with van der Waals surface area (Å²) in [5.41, 5.74) is 9.05. The first-order chi connectivity index (χ1) is 20.7. The third-order valence-electron chi connectivity index (χ3n) is 8.16. The van der Waals surface area contributed by atoms with Crippen molar-refractivity contribution in [2.45, 2.75) is 70.3 Å². The van der Waals surface area contributed by atoms with Crippen LogP contribution in [-0.4, -0.2) is 69.9 Å². The summed E-state index contributed by atoms with van der Waals surface area (Å²) >= 11 is 0. The van der Waals surface area contributed by atoms with E-state index in [-0.39, 0.29) is 55.8 Å². The summed E-state index contributed by atoms with van der Waals surface area (Å²) in [6.45, 7) is 2.42. The SMILES string of the molecule is CCCC(CO)CCCC(=O)C(O)C(=O)CCc1cc(OC)c(O)c(C(C2=CCNC(N)=C2)C(CO)Cc2ccc[nH]2)c1. The third-order valence-corrected chi connectivity index (χ3v) is 8.16. The first-order valence-electron chi connectivity index (χ1n) is 15.1. The zero-order valence-electron chi connectivity index (χ0n) is 25.2. The van der Waals surface area contributed by atoms with E-state index in [4.69, 9.17) is 10.5 Å². The van der Waals surface area contributed by atoms with Gasteiger partial charge in [-0.05, 0) is 79.4 Å². The van der Waals surface area contributed by atoms with Crippen molar-refractivity contribution < 1.29 is 34.8 Å². The van der Waals surface area contributed by atoms with Crippen LogP contribution in [0, 0.1) is 11.8 Å². The number of rotatable bonds is 19. The highest BCUT2D eigenvalue weighted by Gasteiger charge is 2.31. The number of phenolic OH excluding ortho intramolecular Hbond substituents is 1. The number of nitrogens with two attached hydrogens (primary N) is 1. The molecule has 0 aliphatic carbocycles. The second-order valence-corrected chi connectivity index (χ2v) is 11.3. The molecule has 4 unspecified atom stereocenters. The second kappa shape index (κ2) is 16.9. The molecule has 236 valence electrons. The summed E-state index contributed by atoms with van der Waals surface area (Å²) in [5, 5.41) is 44.7. The molecule has 0 saturated carbocycles. The molecule has 43 heavy (non-hydrogen) atoms. The van der Waals surface area contributed by atoms with Gasteiger partial charge in [-0.15, -0.1) is 0 Å². The van der Waals surface area contributed by atoms with E-state index in [0.717, 1.165) is 24.1 Å². The van der Waals surface area contributed by atoms with Crippen molar-refractivity contribution in [2.24, 2.45) is 17.6 Å². The van der Waals surface area contributed by atoms with E-state index in [9.17, 15) is 30.0 Å². The van der Waals surface area contributed by atoms with Gasteiger partial charge in [0.1, 0.15) is 0 Å². The Balaban J connectivity index is 1.81. The number of aliphatic hydroxyl groups is 3. The van der Waals surface area contributed by atoms with Gasteiger partial charge in [0, 0.05) is 56.0 Å². The molecule has 10 heteroatoms. The molecule has 8 N–H and O–H groups in total. The molecule has 10 nitrogen and oxygen atoms in total. The number of nitrogens with one attached hydrogen (secondary N) is 2. The molecule has 3 rings (SSSR count). The number of H-pyrrole nitrogens is 1. The van der Waals surface area contributed by atoms with Crippen LogP contribution in [0.15, 0.2) is 54.0 Å². The van der Waals surface area contributed by atoms with Crippen molar-refractivity contribution in [1.29, 1.82) is 0 Å². The molecule has 0 bridgehead atoms. The van der Waals surface area contributed by atoms with Gasteiger partial charge in [-0.25, -0.2) is 0 Å². The third kappa shape index (κ3) is 9.44. The molecule has 4 atom stereocenters. The number of hydrogen-bond donors (Lipinski definition) is 7. The maximum atomic E-state index is 12.8. The number of aromatic amines is 1. The summed E-state index contributed by atoms with van der Waals surface area (Å²) in [7, 11) is 1.44. The number of aryl methyl sites for hydroxylation is 1. The Hall–Kier alpha value is -3.60. The Morgan fingerprint density at radius 3 is 2.51 bits per heavy atom. The van der Waals surface area contributed by atoms with Crippen LogP contribution in [0.25, 0.3) is 0 Å². The number of dihydropyridines is 1. The monoisotopic (exact) mass is 597 g/mol. The van der Waals surface area contributed by atoms with E-state index in [2.05, 4.69) is 10.3 Å². The quantitative estimate of drug-likeness (QED) is 0.120. The van der Waals surface area contributed by atoms with Gasteiger partial charge in [0.05, 0.1) is 12.9 Å². The minimum atomic E-state index is -1.70. The van der Waals surface area contributed by atoms with Gasteiger partial charge in [0.15, 0.2) is 29.2 Å². The highest BCUT2D eigenvalue weighted by Crippen LogP contribution is 2.44. The standard InChI is InChI=1S/C33H47N3O7/c1-3-6-21(19-37)7-4-9-27(39)33(42)28(40)11-10-22-15-26(32(41)29(16-22)43-2)31(23-12-14-36-30(34)18-23)24(20-38)17-25-8-5-13-35-25/h5,8,12-13,15-16,18,21,24,31,33,35-38,41-42H,3-4,6-7,9-11,14,17,19-20,34H2,1-2H3. The lowest BCUT2D eigenvalue weighted by molar-refractivity contribution is -0.138. The number of carbonyl (C=O) groups excluding carboxylic acids is 2. The Labute approximate surface area is 253 Å². The minimum absolute atomic E-state index is 0.0608. The van der Waals surface area contributed by atoms with Crippen LogP contribution in [0.3, 0.4) is 0 Å². The maximum absolute atomic E-state index is 12.8. The Bertz CT molecular complexity index is 1260. The van der Waals surface area contributed by atoms with Gasteiger partial charge in [-0.2, -0.15) is 0 Å². The van der Waals surface area contributed by atoms with E-state index in [1.165, 1.54) is 7.11 Å². The summed E-state index contributed by atoms with van der Waals surface area (Å²) < 4.78 is 5.49. The zero-order valence-corrected chi connectivity index (χ0v) is 25.2. The van der Waals surface area contributed by atoms with Crippen LogP contribution >= 0.6 is 0 Å². The van der Waals surface area contributed by atoms with E-state index in [1.54, 1.807) is 18.2 Å². The van der Waals surface area contributed by atoms with E-state index in [0.29, 0.717) is 42.8 Å². The lowest BCUT2D eigenvalue weighted by atomic mass is 9.76.